The average molecular weight is 381 g/mol. The second-order valence-corrected chi connectivity index (χ2v) is 6.06. The van der Waals surface area contributed by atoms with Crippen LogP contribution in [0, 0.1) is 0 Å². The molecule has 1 atom stereocenters. The summed E-state index contributed by atoms with van der Waals surface area (Å²) < 4.78 is 10.2. The first-order valence-corrected chi connectivity index (χ1v) is 8.58. The van der Waals surface area contributed by atoms with Crippen LogP contribution in [0.3, 0.4) is 0 Å². The molecule has 0 saturated carbocycles. The molecule has 0 aliphatic heterocycles. The Bertz CT molecular complexity index is 955. The van der Waals surface area contributed by atoms with E-state index in [0.717, 1.165) is 11.1 Å². The second-order valence-electron chi connectivity index (χ2n) is 6.06. The van der Waals surface area contributed by atoms with E-state index >= 15 is 0 Å². The molecule has 8 nitrogen and oxygen atoms in total. The average Bonchev–Trinajstić information content (AvgIpc) is 3.20. The summed E-state index contributed by atoms with van der Waals surface area (Å²) >= 11 is 0. The number of aromatic nitrogens is 1. The summed E-state index contributed by atoms with van der Waals surface area (Å²) in [6.45, 7) is 1.96. The van der Waals surface area contributed by atoms with Crippen LogP contribution in [0.4, 0.5) is 0 Å². The van der Waals surface area contributed by atoms with E-state index in [1.165, 1.54) is 11.5 Å². The topological polar surface area (TPSA) is 114 Å². The molecule has 144 valence electrons. The van der Waals surface area contributed by atoms with Crippen molar-refractivity contribution >= 4 is 11.8 Å². The monoisotopic (exact) mass is 381 g/mol. The van der Waals surface area contributed by atoms with Crippen molar-refractivity contribution in [2.45, 2.75) is 13.0 Å². The molecule has 3 N–H and O–H groups in total. The van der Waals surface area contributed by atoms with Crippen LogP contribution in [0.2, 0.25) is 0 Å². The molecule has 0 radical (unpaired) electrons. The highest BCUT2D eigenvalue weighted by Crippen LogP contribution is 2.20. The summed E-state index contributed by atoms with van der Waals surface area (Å²) in [7, 11) is 0. The number of nitrogens with one attached hydrogen (secondary N) is 2. The summed E-state index contributed by atoms with van der Waals surface area (Å²) in [5.74, 6) is -1.17. The van der Waals surface area contributed by atoms with E-state index in [1.54, 1.807) is 13.0 Å². The second kappa shape index (κ2) is 8.83. The Kier molecular flexibility index (Phi) is 6.03. The normalized spacial score (nSPS) is 11.5. The molecular weight excluding hydrogens is 362 g/mol. The van der Waals surface area contributed by atoms with E-state index in [1.807, 2.05) is 48.5 Å². The minimum Gasteiger partial charge on any atom is -0.471 e. The molecule has 0 aliphatic carbocycles. The van der Waals surface area contributed by atoms with Gasteiger partial charge < -0.3 is 14.6 Å². The maximum Gasteiger partial charge on any atom is 0.313 e. The molecule has 1 aromatic heterocycles. The van der Waals surface area contributed by atoms with Crippen LogP contribution < -0.4 is 15.5 Å². The standard InChI is InChI=1S/C20H19N3O5/c1-13(27-18-11-17(28-23-18)20(25)22-26)12-21-19(24)16-9-5-8-15(10-16)14-6-3-2-4-7-14/h2-11,13,26H,12H2,1H3,(H,21,24)(H,22,25)/t13-/m1/s1. The summed E-state index contributed by atoms with van der Waals surface area (Å²) in [5.41, 5.74) is 3.96. The smallest absolute Gasteiger partial charge is 0.313 e. The molecule has 0 bridgehead atoms. The first-order valence-electron chi connectivity index (χ1n) is 8.58. The lowest BCUT2D eigenvalue weighted by molar-refractivity contribution is 0.0666. The zero-order valence-electron chi connectivity index (χ0n) is 15.1. The van der Waals surface area contributed by atoms with Gasteiger partial charge in [-0.2, -0.15) is 0 Å². The van der Waals surface area contributed by atoms with Crippen LogP contribution in [-0.2, 0) is 0 Å². The highest BCUT2D eigenvalue weighted by molar-refractivity contribution is 5.95. The van der Waals surface area contributed by atoms with Crippen LogP contribution >= 0.6 is 0 Å². The van der Waals surface area contributed by atoms with E-state index in [4.69, 9.17) is 14.5 Å². The van der Waals surface area contributed by atoms with E-state index < -0.39 is 12.0 Å². The van der Waals surface area contributed by atoms with Crippen LogP contribution in [-0.4, -0.2) is 34.8 Å². The number of carbonyl (C=O) groups is 2. The van der Waals surface area contributed by atoms with Gasteiger partial charge in [0.15, 0.2) is 0 Å². The van der Waals surface area contributed by atoms with Gasteiger partial charge in [0.05, 0.1) is 12.6 Å². The lowest BCUT2D eigenvalue weighted by Gasteiger charge is -2.13. The number of amides is 2. The van der Waals surface area contributed by atoms with Gasteiger partial charge in [0.1, 0.15) is 6.10 Å². The van der Waals surface area contributed by atoms with E-state index in [2.05, 4.69) is 10.5 Å². The Morgan fingerprint density at radius 3 is 2.57 bits per heavy atom. The molecule has 2 amide bonds. The number of hydroxylamine groups is 1. The predicted molar refractivity (Wildman–Crippen MR) is 100 cm³/mol. The highest BCUT2D eigenvalue weighted by Gasteiger charge is 2.15. The number of benzene rings is 2. The van der Waals surface area contributed by atoms with E-state index in [9.17, 15) is 9.59 Å². The number of nitrogens with zero attached hydrogens (tertiary/aromatic N) is 1. The molecule has 0 fully saturated rings. The van der Waals surface area contributed by atoms with Crippen molar-refractivity contribution in [2.24, 2.45) is 0 Å². The van der Waals surface area contributed by atoms with Gasteiger partial charge in [-0.15, -0.1) is 0 Å². The summed E-state index contributed by atoms with van der Waals surface area (Å²) in [6, 6.07) is 18.4. The van der Waals surface area contributed by atoms with Crippen molar-refractivity contribution in [3.63, 3.8) is 0 Å². The van der Waals surface area contributed by atoms with E-state index in [0.29, 0.717) is 5.56 Å². The van der Waals surface area contributed by atoms with Crippen LogP contribution in [0.5, 0.6) is 5.88 Å². The maximum absolute atomic E-state index is 12.4. The Labute approximate surface area is 161 Å². The molecule has 0 aliphatic rings. The predicted octanol–water partition coefficient (Wildman–Crippen LogP) is 2.66. The zero-order valence-corrected chi connectivity index (χ0v) is 15.1. The highest BCUT2D eigenvalue weighted by atomic mass is 16.5. The van der Waals surface area contributed by atoms with E-state index in [-0.39, 0.29) is 24.1 Å². The lowest BCUT2D eigenvalue weighted by atomic mass is 10.0. The molecule has 1 heterocycles. The fraction of sp³-hybridized carbons (Fsp3) is 0.150. The fourth-order valence-electron chi connectivity index (χ4n) is 2.53. The molecule has 3 aromatic rings. The third-order valence-electron chi connectivity index (χ3n) is 3.92. The first-order chi connectivity index (χ1) is 13.6. The van der Waals surface area contributed by atoms with Crippen molar-refractivity contribution in [1.82, 2.24) is 16.0 Å². The number of carbonyl (C=O) groups excluding carboxylic acids is 2. The minimum atomic E-state index is -0.832. The van der Waals surface area contributed by atoms with Gasteiger partial charge in [-0.25, -0.2) is 5.48 Å². The number of hydrogen-bond acceptors (Lipinski definition) is 6. The summed E-state index contributed by atoms with van der Waals surface area (Å²) in [4.78, 5) is 23.6. The van der Waals surface area contributed by atoms with Crippen molar-refractivity contribution in [2.75, 3.05) is 6.54 Å². The Hall–Kier alpha value is -3.65. The zero-order chi connectivity index (χ0) is 19.9. The molecule has 2 aromatic carbocycles. The van der Waals surface area contributed by atoms with Gasteiger partial charge in [-0.05, 0) is 35.3 Å². The lowest BCUT2D eigenvalue weighted by Crippen LogP contribution is -2.33. The number of rotatable bonds is 7. The number of ether oxygens (including phenoxy) is 1. The maximum atomic E-state index is 12.4. The minimum absolute atomic E-state index is 0.0754. The Balaban J connectivity index is 1.56. The van der Waals surface area contributed by atoms with Gasteiger partial charge in [-0.3, -0.25) is 14.8 Å². The van der Waals surface area contributed by atoms with Gasteiger partial charge in [0.25, 0.3) is 11.8 Å². The van der Waals surface area contributed by atoms with Crippen molar-refractivity contribution in [1.29, 1.82) is 0 Å². The molecule has 0 unspecified atom stereocenters. The molecule has 0 saturated heterocycles. The Morgan fingerprint density at radius 1 is 1.07 bits per heavy atom. The molecular formula is C20H19N3O5. The molecule has 8 heteroatoms. The SMILES string of the molecule is C[C@H](CNC(=O)c1cccc(-c2ccccc2)c1)Oc1cc(C(=O)NO)on1. The third-order valence-corrected chi connectivity index (χ3v) is 3.92. The van der Waals surface area contributed by atoms with Crippen LogP contribution in [0.15, 0.2) is 65.2 Å². The molecule has 3 rings (SSSR count). The fourth-order valence-corrected chi connectivity index (χ4v) is 2.53. The van der Waals surface area contributed by atoms with Gasteiger partial charge in [0.2, 0.25) is 5.76 Å². The third kappa shape index (κ3) is 4.74. The quantitative estimate of drug-likeness (QED) is 0.428. The molecule has 28 heavy (non-hydrogen) atoms. The van der Waals surface area contributed by atoms with Gasteiger partial charge in [-0.1, -0.05) is 42.5 Å². The Morgan fingerprint density at radius 2 is 1.82 bits per heavy atom. The van der Waals surface area contributed by atoms with Gasteiger partial charge in [0, 0.05) is 5.56 Å². The first kappa shape index (κ1) is 19.1. The van der Waals surface area contributed by atoms with Crippen LogP contribution in [0.25, 0.3) is 11.1 Å². The van der Waals surface area contributed by atoms with Gasteiger partial charge >= 0.3 is 5.91 Å². The summed E-state index contributed by atoms with van der Waals surface area (Å²) in [5, 5.41) is 14.9. The number of hydrogen-bond donors (Lipinski definition) is 3. The molecule has 0 spiro atoms. The van der Waals surface area contributed by atoms with Crippen molar-refractivity contribution < 1.29 is 24.1 Å². The van der Waals surface area contributed by atoms with Crippen molar-refractivity contribution in [3.05, 3.63) is 72.0 Å². The van der Waals surface area contributed by atoms with Crippen molar-refractivity contribution in [3.8, 4) is 17.0 Å². The van der Waals surface area contributed by atoms with Crippen LogP contribution in [0.1, 0.15) is 27.8 Å². The summed E-state index contributed by atoms with van der Waals surface area (Å²) in [6.07, 6.45) is -0.420. The largest absolute Gasteiger partial charge is 0.471 e.